The maximum atomic E-state index is 13.4. The number of hydrogen-bond acceptors (Lipinski definition) is 6. The Balaban J connectivity index is 1.32. The predicted molar refractivity (Wildman–Crippen MR) is 129 cm³/mol. The number of carbonyl (C=O) groups is 3. The van der Waals surface area contributed by atoms with Crippen LogP contribution in [-0.2, 0) is 19.1 Å². The van der Waals surface area contributed by atoms with Crippen molar-refractivity contribution in [1.29, 1.82) is 0 Å². The van der Waals surface area contributed by atoms with Gasteiger partial charge in [0.25, 0.3) is 5.91 Å². The molecule has 0 bridgehead atoms. The van der Waals surface area contributed by atoms with Crippen LogP contribution in [0.4, 0.5) is 4.79 Å². The molecule has 2 aliphatic rings. The number of amides is 2. The van der Waals surface area contributed by atoms with E-state index in [1.807, 2.05) is 36.4 Å². The summed E-state index contributed by atoms with van der Waals surface area (Å²) in [6, 6.07) is 17.4. The minimum Gasteiger partial charge on any atom is -0.480 e. The molecule has 3 aromatic rings. The molecule has 2 heterocycles. The predicted octanol–water partition coefficient (Wildman–Crippen LogP) is 3.64. The number of nitrogens with one attached hydrogen (secondary N) is 1. The summed E-state index contributed by atoms with van der Waals surface area (Å²) < 4.78 is 10.9. The number of carboxylic acids is 1. The van der Waals surface area contributed by atoms with Crippen molar-refractivity contribution in [1.82, 2.24) is 10.2 Å². The summed E-state index contributed by atoms with van der Waals surface area (Å²) in [5.41, 5.74) is 4.42. The molecular weight excluding hydrogens is 468 g/mol. The molecule has 2 atom stereocenters. The van der Waals surface area contributed by atoms with Crippen LogP contribution < -0.4 is 5.32 Å². The van der Waals surface area contributed by atoms with Crippen molar-refractivity contribution in [2.24, 2.45) is 0 Å². The number of morpholine rings is 1. The van der Waals surface area contributed by atoms with Crippen molar-refractivity contribution in [3.05, 3.63) is 82.0 Å². The first kappa shape index (κ1) is 23.1. The van der Waals surface area contributed by atoms with Crippen molar-refractivity contribution in [2.75, 3.05) is 26.4 Å². The lowest BCUT2D eigenvalue weighted by molar-refractivity contribution is -0.159. The molecule has 1 saturated heterocycles. The first-order chi connectivity index (χ1) is 17.0. The van der Waals surface area contributed by atoms with Gasteiger partial charge in [0.05, 0.1) is 13.2 Å². The smallest absolute Gasteiger partial charge is 0.408 e. The highest BCUT2D eigenvalue weighted by molar-refractivity contribution is 7.10. The highest BCUT2D eigenvalue weighted by atomic mass is 32.1. The van der Waals surface area contributed by atoms with E-state index in [9.17, 15) is 19.5 Å². The summed E-state index contributed by atoms with van der Waals surface area (Å²) in [6.07, 6.45) is -0.737. The standard InChI is InChI=1S/C26H24N2O6S/c29-24(28-11-12-33-15-21(28)25(30)31)23(22-10-5-13-35-22)27-26(32)34-14-20-18-8-3-1-6-16(18)17-7-2-4-9-19(17)20/h1-10,13,20-21,23H,11-12,14-15H2,(H,27,32)(H,30,31). The Morgan fingerprint density at radius 2 is 1.74 bits per heavy atom. The van der Waals surface area contributed by atoms with Crippen molar-refractivity contribution < 1.29 is 29.0 Å². The van der Waals surface area contributed by atoms with Crippen molar-refractivity contribution in [2.45, 2.75) is 18.0 Å². The Morgan fingerprint density at radius 3 is 2.37 bits per heavy atom. The second-order valence-electron chi connectivity index (χ2n) is 8.38. The molecule has 2 aromatic carbocycles. The van der Waals surface area contributed by atoms with Gasteiger partial charge in [-0.25, -0.2) is 9.59 Å². The fraction of sp³-hybridized carbons (Fsp3) is 0.269. The number of hydrogen-bond donors (Lipinski definition) is 2. The number of rotatable bonds is 6. The number of alkyl carbamates (subject to hydrolysis) is 1. The summed E-state index contributed by atoms with van der Waals surface area (Å²) >= 11 is 1.30. The molecule has 8 nitrogen and oxygen atoms in total. The van der Waals surface area contributed by atoms with Gasteiger partial charge in [-0.2, -0.15) is 0 Å². The summed E-state index contributed by atoms with van der Waals surface area (Å²) in [5, 5.41) is 14.0. The van der Waals surface area contributed by atoms with E-state index in [4.69, 9.17) is 9.47 Å². The van der Waals surface area contributed by atoms with Crippen LogP contribution in [-0.4, -0.2) is 60.4 Å². The zero-order chi connectivity index (χ0) is 24.4. The molecular formula is C26H24N2O6S. The van der Waals surface area contributed by atoms with Gasteiger partial charge >= 0.3 is 12.1 Å². The number of carboxylic acid groups (broad SMARTS) is 1. The lowest BCUT2D eigenvalue weighted by Gasteiger charge is -2.35. The van der Waals surface area contributed by atoms with E-state index in [0.717, 1.165) is 22.3 Å². The number of thiophene rings is 1. The van der Waals surface area contributed by atoms with Crippen LogP contribution in [0, 0.1) is 0 Å². The van der Waals surface area contributed by atoms with Crippen molar-refractivity contribution in [3.63, 3.8) is 0 Å². The monoisotopic (exact) mass is 492 g/mol. The lowest BCUT2D eigenvalue weighted by Crippen LogP contribution is -2.55. The third-order valence-electron chi connectivity index (χ3n) is 6.38. The second kappa shape index (κ2) is 9.89. The topological polar surface area (TPSA) is 105 Å². The van der Waals surface area contributed by atoms with Crippen LogP contribution in [0.2, 0.25) is 0 Å². The van der Waals surface area contributed by atoms with Gasteiger partial charge < -0.3 is 24.8 Å². The Labute approximate surface area is 206 Å². The normalized spacial score (nSPS) is 17.8. The number of carbonyl (C=O) groups excluding carboxylic acids is 2. The second-order valence-corrected chi connectivity index (χ2v) is 9.36. The molecule has 2 amide bonds. The average Bonchev–Trinajstić information content (AvgIpc) is 3.52. The molecule has 1 aliphatic heterocycles. The van der Waals surface area contributed by atoms with Crippen LogP contribution in [0.3, 0.4) is 0 Å². The summed E-state index contributed by atoms with van der Waals surface area (Å²) in [5.74, 6) is -1.76. The third kappa shape index (κ3) is 4.52. The highest BCUT2D eigenvalue weighted by Crippen LogP contribution is 2.44. The van der Waals surface area contributed by atoms with Crippen molar-refractivity contribution in [3.8, 4) is 11.1 Å². The number of nitrogens with zero attached hydrogens (tertiary/aromatic N) is 1. The van der Waals surface area contributed by atoms with E-state index >= 15 is 0 Å². The molecule has 9 heteroatoms. The molecule has 0 saturated carbocycles. The van der Waals surface area contributed by atoms with E-state index in [0.29, 0.717) is 4.88 Å². The maximum absolute atomic E-state index is 13.4. The molecule has 2 unspecified atom stereocenters. The van der Waals surface area contributed by atoms with E-state index in [1.165, 1.54) is 16.2 Å². The maximum Gasteiger partial charge on any atom is 0.408 e. The summed E-state index contributed by atoms with van der Waals surface area (Å²) in [4.78, 5) is 39.8. The largest absolute Gasteiger partial charge is 0.480 e. The van der Waals surface area contributed by atoms with Gasteiger partial charge in [-0.1, -0.05) is 54.6 Å². The minimum absolute atomic E-state index is 0.0941. The molecule has 2 N–H and O–H groups in total. The van der Waals surface area contributed by atoms with Gasteiger partial charge in [0.15, 0.2) is 6.04 Å². The van der Waals surface area contributed by atoms with Crippen LogP contribution >= 0.6 is 11.3 Å². The Bertz CT molecular complexity index is 1200. The molecule has 1 aromatic heterocycles. The Hall–Kier alpha value is -3.69. The van der Waals surface area contributed by atoms with Crippen LogP contribution in [0.1, 0.15) is 28.0 Å². The fourth-order valence-corrected chi connectivity index (χ4v) is 5.47. The molecule has 5 rings (SSSR count). The number of fused-ring (bicyclic) bond motifs is 3. The van der Waals surface area contributed by atoms with Gasteiger partial charge in [-0.15, -0.1) is 11.3 Å². The Kier molecular flexibility index (Phi) is 6.52. The number of aliphatic carboxylic acids is 1. The van der Waals surface area contributed by atoms with Gasteiger partial charge in [-0.3, -0.25) is 4.79 Å². The number of ether oxygens (including phenoxy) is 2. The molecule has 180 valence electrons. The Morgan fingerprint density at radius 1 is 1.06 bits per heavy atom. The third-order valence-corrected chi connectivity index (χ3v) is 7.31. The van der Waals surface area contributed by atoms with Gasteiger partial charge in [0.1, 0.15) is 12.6 Å². The summed E-state index contributed by atoms with van der Waals surface area (Å²) in [6.45, 7) is 0.380. The zero-order valence-corrected chi connectivity index (χ0v) is 19.6. The van der Waals surface area contributed by atoms with E-state index in [2.05, 4.69) is 17.4 Å². The lowest BCUT2D eigenvalue weighted by atomic mass is 9.98. The van der Waals surface area contributed by atoms with Gasteiger partial charge in [0, 0.05) is 17.3 Å². The van der Waals surface area contributed by atoms with Crippen molar-refractivity contribution >= 4 is 29.3 Å². The van der Waals surface area contributed by atoms with Crippen LogP contribution in [0.15, 0.2) is 66.0 Å². The first-order valence-corrected chi connectivity index (χ1v) is 12.2. The van der Waals surface area contributed by atoms with Gasteiger partial charge in [-0.05, 0) is 33.7 Å². The van der Waals surface area contributed by atoms with Crippen LogP contribution in [0.25, 0.3) is 11.1 Å². The molecule has 35 heavy (non-hydrogen) atoms. The van der Waals surface area contributed by atoms with E-state index < -0.39 is 30.1 Å². The van der Waals surface area contributed by atoms with Gasteiger partial charge in [0.2, 0.25) is 0 Å². The average molecular weight is 493 g/mol. The number of benzene rings is 2. The molecule has 0 spiro atoms. The zero-order valence-electron chi connectivity index (χ0n) is 18.8. The molecule has 1 aliphatic carbocycles. The SMILES string of the molecule is O=C(NC(C(=O)N1CCOCC1C(=O)O)c1cccs1)OCC1c2ccccc2-c2ccccc21. The first-order valence-electron chi connectivity index (χ1n) is 11.3. The van der Waals surface area contributed by atoms with Crippen LogP contribution in [0.5, 0.6) is 0 Å². The van der Waals surface area contributed by atoms with E-state index in [1.54, 1.807) is 17.5 Å². The molecule has 1 fully saturated rings. The quantitative estimate of drug-likeness (QED) is 0.544. The molecule has 0 radical (unpaired) electrons. The van der Waals surface area contributed by atoms with E-state index in [-0.39, 0.29) is 32.3 Å². The minimum atomic E-state index is -1.15. The summed E-state index contributed by atoms with van der Waals surface area (Å²) in [7, 11) is 0. The fourth-order valence-electron chi connectivity index (χ4n) is 4.71. The highest BCUT2D eigenvalue weighted by Gasteiger charge is 2.38.